The average Bonchev–Trinajstić information content (AvgIpc) is 2.95. The van der Waals surface area contributed by atoms with Crippen LogP contribution in [0, 0.1) is 0 Å². The number of carbonyl (C=O) groups is 1. The molecule has 1 aromatic heterocycles. The SMILES string of the molecule is COCc1ccccc1C(=O)Nc1nc2ccc(OC(F)(F)F)cc2s1. The molecule has 5 nitrogen and oxygen atoms in total. The molecule has 0 radical (unpaired) electrons. The Balaban J connectivity index is 1.82. The Bertz CT molecular complexity index is 940. The van der Waals surface area contributed by atoms with Gasteiger partial charge in [0.2, 0.25) is 0 Å². The van der Waals surface area contributed by atoms with Crippen molar-refractivity contribution < 1.29 is 27.4 Å². The molecule has 0 aliphatic rings. The van der Waals surface area contributed by atoms with E-state index in [4.69, 9.17) is 4.74 Å². The highest BCUT2D eigenvalue weighted by molar-refractivity contribution is 7.22. The van der Waals surface area contributed by atoms with Crippen molar-refractivity contribution in [2.45, 2.75) is 13.0 Å². The second-order valence-corrected chi connectivity index (χ2v) is 6.27. The van der Waals surface area contributed by atoms with E-state index in [2.05, 4.69) is 15.0 Å². The Kier molecular flexibility index (Phi) is 5.10. The van der Waals surface area contributed by atoms with E-state index < -0.39 is 6.36 Å². The first-order valence-electron chi connectivity index (χ1n) is 7.40. The van der Waals surface area contributed by atoms with Crippen molar-refractivity contribution in [3.05, 3.63) is 53.6 Å². The number of anilines is 1. The zero-order valence-electron chi connectivity index (χ0n) is 13.5. The van der Waals surface area contributed by atoms with Crippen molar-refractivity contribution >= 4 is 32.6 Å². The molecule has 1 N–H and O–H groups in total. The van der Waals surface area contributed by atoms with Gasteiger partial charge in [0.15, 0.2) is 5.13 Å². The topological polar surface area (TPSA) is 60.5 Å². The first-order valence-corrected chi connectivity index (χ1v) is 8.22. The number of hydrogen-bond acceptors (Lipinski definition) is 5. The molecule has 0 aliphatic heterocycles. The van der Waals surface area contributed by atoms with E-state index in [0.29, 0.717) is 15.8 Å². The molecule has 0 aliphatic carbocycles. The Morgan fingerprint density at radius 3 is 2.73 bits per heavy atom. The van der Waals surface area contributed by atoms with E-state index in [1.165, 1.54) is 25.3 Å². The molecule has 0 fully saturated rings. The van der Waals surface area contributed by atoms with Crippen LogP contribution in [0.3, 0.4) is 0 Å². The van der Waals surface area contributed by atoms with Crippen molar-refractivity contribution in [2.75, 3.05) is 12.4 Å². The van der Waals surface area contributed by atoms with Crippen LogP contribution in [0.15, 0.2) is 42.5 Å². The van der Waals surface area contributed by atoms with E-state index in [0.717, 1.165) is 16.9 Å². The number of alkyl halides is 3. The van der Waals surface area contributed by atoms with Crippen molar-refractivity contribution in [2.24, 2.45) is 0 Å². The summed E-state index contributed by atoms with van der Waals surface area (Å²) < 4.78 is 46.3. The molecule has 3 aromatic rings. The zero-order valence-corrected chi connectivity index (χ0v) is 14.3. The molecule has 0 saturated heterocycles. The normalized spacial score (nSPS) is 11.5. The number of benzene rings is 2. The fourth-order valence-electron chi connectivity index (χ4n) is 2.34. The molecular weight excluding hydrogens is 369 g/mol. The van der Waals surface area contributed by atoms with Crippen LogP contribution in [0.1, 0.15) is 15.9 Å². The van der Waals surface area contributed by atoms with Gasteiger partial charge in [-0.05, 0) is 23.8 Å². The number of amides is 1. The number of ether oxygens (including phenoxy) is 2. The zero-order chi connectivity index (χ0) is 18.7. The molecule has 0 atom stereocenters. The highest BCUT2D eigenvalue weighted by Crippen LogP contribution is 2.31. The fourth-order valence-corrected chi connectivity index (χ4v) is 3.23. The monoisotopic (exact) mass is 382 g/mol. The third kappa shape index (κ3) is 4.30. The van der Waals surface area contributed by atoms with Crippen LogP contribution in [-0.2, 0) is 11.3 Å². The highest BCUT2D eigenvalue weighted by Gasteiger charge is 2.31. The standard InChI is InChI=1S/C17H13F3N2O3S/c1-24-9-10-4-2-3-5-12(10)15(23)22-16-21-13-7-6-11(8-14(13)26-16)25-17(18,19)20/h2-8H,9H2,1H3,(H,21,22,23). The Hall–Kier alpha value is -2.65. The van der Waals surface area contributed by atoms with Crippen LogP contribution in [0.2, 0.25) is 0 Å². The minimum atomic E-state index is -4.76. The molecule has 1 heterocycles. The molecule has 0 unspecified atom stereocenters. The maximum absolute atomic E-state index is 12.5. The van der Waals surface area contributed by atoms with Gasteiger partial charge in [-0.1, -0.05) is 29.5 Å². The number of halogens is 3. The van der Waals surface area contributed by atoms with Gasteiger partial charge < -0.3 is 9.47 Å². The summed E-state index contributed by atoms with van der Waals surface area (Å²) >= 11 is 1.06. The van der Waals surface area contributed by atoms with Crippen molar-refractivity contribution in [1.82, 2.24) is 4.98 Å². The first-order chi connectivity index (χ1) is 12.4. The second-order valence-electron chi connectivity index (χ2n) is 5.24. The van der Waals surface area contributed by atoms with Gasteiger partial charge in [0, 0.05) is 18.7 Å². The van der Waals surface area contributed by atoms with Gasteiger partial charge >= 0.3 is 6.36 Å². The number of thiazole rings is 1. The smallest absolute Gasteiger partial charge is 0.406 e. The van der Waals surface area contributed by atoms with Crippen LogP contribution >= 0.6 is 11.3 Å². The van der Waals surface area contributed by atoms with Gasteiger partial charge in [0.25, 0.3) is 5.91 Å². The predicted molar refractivity (Wildman–Crippen MR) is 91.4 cm³/mol. The van der Waals surface area contributed by atoms with Gasteiger partial charge in [-0.2, -0.15) is 0 Å². The van der Waals surface area contributed by atoms with Crippen LogP contribution in [0.25, 0.3) is 10.2 Å². The minimum absolute atomic E-state index is 0.279. The number of rotatable bonds is 5. The number of methoxy groups -OCH3 is 1. The molecule has 0 bridgehead atoms. The number of fused-ring (bicyclic) bond motifs is 1. The minimum Gasteiger partial charge on any atom is -0.406 e. The molecule has 0 saturated carbocycles. The molecule has 0 spiro atoms. The van der Waals surface area contributed by atoms with Crippen molar-refractivity contribution in [3.63, 3.8) is 0 Å². The summed E-state index contributed by atoms with van der Waals surface area (Å²) in [5.41, 5.74) is 1.62. The van der Waals surface area contributed by atoms with Gasteiger partial charge in [-0.15, -0.1) is 13.2 Å². The number of nitrogens with one attached hydrogen (secondary N) is 1. The van der Waals surface area contributed by atoms with Crippen LogP contribution in [0.5, 0.6) is 5.75 Å². The van der Waals surface area contributed by atoms with Gasteiger partial charge in [-0.25, -0.2) is 4.98 Å². The average molecular weight is 382 g/mol. The first kappa shape index (κ1) is 18.2. The quantitative estimate of drug-likeness (QED) is 0.701. The summed E-state index contributed by atoms with van der Waals surface area (Å²) in [5, 5.41) is 2.94. The van der Waals surface area contributed by atoms with E-state index in [-0.39, 0.29) is 23.4 Å². The summed E-state index contributed by atoms with van der Waals surface area (Å²) in [7, 11) is 1.53. The second kappa shape index (κ2) is 7.30. The third-order valence-corrected chi connectivity index (χ3v) is 4.31. The van der Waals surface area contributed by atoms with Gasteiger partial charge in [0.05, 0.1) is 16.8 Å². The molecule has 9 heteroatoms. The lowest BCUT2D eigenvalue weighted by Crippen LogP contribution is -2.16. The number of aromatic nitrogens is 1. The summed E-state index contributed by atoms with van der Waals surface area (Å²) in [6.45, 7) is 0.279. The molecule has 26 heavy (non-hydrogen) atoms. The van der Waals surface area contributed by atoms with E-state index in [1.54, 1.807) is 24.3 Å². The number of carbonyl (C=O) groups excluding carboxylic acids is 1. The van der Waals surface area contributed by atoms with E-state index in [9.17, 15) is 18.0 Å². The van der Waals surface area contributed by atoms with Crippen LogP contribution in [-0.4, -0.2) is 24.4 Å². The van der Waals surface area contributed by atoms with E-state index in [1.807, 2.05) is 0 Å². The summed E-state index contributed by atoms with van der Waals surface area (Å²) in [4.78, 5) is 16.7. The lowest BCUT2D eigenvalue weighted by molar-refractivity contribution is -0.274. The van der Waals surface area contributed by atoms with Crippen molar-refractivity contribution in [3.8, 4) is 5.75 Å². The maximum Gasteiger partial charge on any atom is 0.573 e. The van der Waals surface area contributed by atoms with Crippen molar-refractivity contribution in [1.29, 1.82) is 0 Å². The molecule has 2 aromatic carbocycles. The summed E-state index contributed by atoms with van der Waals surface area (Å²) in [6.07, 6.45) is -4.76. The number of nitrogens with zero attached hydrogens (tertiary/aromatic N) is 1. The summed E-state index contributed by atoms with van der Waals surface area (Å²) in [6, 6.07) is 10.8. The molecule has 1 amide bonds. The maximum atomic E-state index is 12.5. The molecule has 136 valence electrons. The fraction of sp³-hybridized carbons (Fsp3) is 0.176. The number of hydrogen-bond donors (Lipinski definition) is 1. The van der Waals surface area contributed by atoms with Gasteiger partial charge in [0.1, 0.15) is 5.75 Å². The largest absolute Gasteiger partial charge is 0.573 e. The Labute approximate surface area is 150 Å². The Morgan fingerprint density at radius 2 is 2.00 bits per heavy atom. The third-order valence-electron chi connectivity index (χ3n) is 3.38. The van der Waals surface area contributed by atoms with Crippen LogP contribution < -0.4 is 10.1 Å². The lowest BCUT2D eigenvalue weighted by Gasteiger charge is -2.07. The van der Waals surface area contributed by atoms with Crippen LogP contribution in [0.4, 0.5) is 18.3 Å². The lowest BCUT2D eigenvalue weighted by atomic mass is 10.1. The Morgan fingerprint density at radius 1 is 1.23 bits per heavy atom. The highest BCUT2D eigenvalue weighted by atomic mass is 32.1. The summed E-state index contributed by atoms with van der Waals surface area (Å²) in [5.74, 6) is -0.708. The van der Waals surface area contributed by atoms with E-state index >= 15 is 0 Å². The predicted octanol–water partition coefficient (Wildman–Crippen LogP) is 4.59. The molecule has 3 rings (SSSR count). The van der Waals surface area contributed by atoms with Gasteiger partial charge in [-0.3, -0.25) is 10.1 Å². The molecular formula is C17H13F3N2O3S.